The van der Waals surface area contributed by atoms with Crippen LogP contribution >= 0.6 is 0 Å². The van der Waals surface area contributed by atoms with Crippen molar-refractivity contribution in [1.82, 2.24) is 15.0 Å². The summed E-state index contributed by atoms with van der Waals surface area (Å²) in [6.07, 6.45) is 17.1. The Morgan fingerprint density at radius 3 is 1.88 bits per heavy atom. The molecule has 4 fully saturated rings. The minimum absolute atomic E-state index is 0.210. The summed E-state index contributed by atoms with van der Waals surface area (Å²) in [5.41, 5.74) is 0.210. The molecular weight excluding hydrogens is 396 g/mol. The molecule has 32 heavy (non-hydrogen) atoms. The summed E-state index contributed by atoms with van der Waals surface area (Å²) in [5, 5.41) is 10.8. The highest BCUT2D eigenvalue weighted by molar-refractivity contribution is 5.44. The second kappa shape index (κ2) is 11.0. The number of nitrogens with one attached hydrogen (secondary N) is 3. The third kappa shape index (κ3) is 6.48. The van der Waals surface area contributed by atoms with Crippen molar-refractivity contribution in [3.63, 3.8) is 0 Å². The molecule has 0 spiro atoms. The maximum Gasteiger partial charge on any atom is 0.229 e. The zero-order chi connectivity index (χ0) is 22.4. The van der Waals surface area contributed by atoms with Crippen molar-refractivity contribution in [3.05, 3.63) is 0 Å². The standard InChI is InChI=1S/C26H46N6/c1-4-5-6-7-8-9-11-27-23-29-24(28-12-10-19(2)3)31-25(30-23)32-26-16-20-13-21(17-26)15-22(14-20)18-26/h19-22H,4-18H2,1-3H3,(H3,27,28,29,30,31,32). The van der Waals surface area contributed by atoms with E-state index in [4.69, 9.17) is 9.97 Å². The zero-order valence-corrected chi connectivity index (χ0v) is 20.8. The molecular formula is C26H46N6. The van der Waals surface area contributed by atoms with E-state index in [1.165, 1.54) is 77.0 Å². The first-order valence-electron chi connectivity index (χ1n) is 13.6. The van der Waals surface area contributed by atoms with Gasteiger partial charge < -0.3 is 16.0 Å². The SMILES string of the molecule is CCCCCCCCNc1nc(NCCC(C)C)nc(NC23CC4CC(CC(C4)C2)C3)n1. The van der Waals surface area contributed by atoms with E-state index in [-0.39, 0.29) is 5.54 Å². The van der Waals surface area contributed by atoms with E-state index in [0.717, 1.165) is 43.2 Å². The van der Waals surface area contributed by atoms with E-state index in [1.54, 1.807) is 0 Å². The number of hydrogen-bond acceptors (Lipinski definition) is 6. The third-order valence-electron chi connectivity index (χ3n) is 7.87. The molecule has 6 nitrogen and oxygen atoms in total. The number of hydrogen-bond donors (Lipinski definition) is 3. The van der Waals surface area contributed by atoms with E-state index < -0.39 is 0 Å². The molecule has 4 saturated carbocycles. The number of rotatable bonds is 14. The van der Waals surface area contributed by atoms with E-state index in [0.29, 0.717) is 17.8 Å². The Labute approximate surface area is 195 Å². The lowest BCUT2D eigenvalue weighted by molar-refractivity contribution is 0.0103. The van der Waals surface area contributed by atoms with E-state index >= 15 is 0 Å². The van der Waals surface area contributed by atoms with Crippen LogP contribution in [0.2, 0.25) is 0 Å². The van der Waals surface area contributed by atoms with Gasteiger partial charge in [-0.2, -0.15) is 15.0 Å². The topological polar surface area (TPSA) is 74.8 Å². The van der Waals surface area contributed by atoms with Gasteiger partial charge in [0, 0.05) is 18.6 Å². The predicted molar refractivity (Wildman–Crippen MR) is 134 cm³/mol. The van der Waals surface area contributed by atoms with Gasteiger partial charge in [-0.15, -0.1) is 0 Å². The van der Waals surface area contributed by atoms with Gasteiger partial charge in [0.25, 0.3) is 0 Å². The molecule has 0 amide bonds. The van der Waals surface area contributed by atoms with Gasteiger partial charge in [0.15, 0.2) is 0 Å². The fourth-order valence-electron chi connectivity index (χ4n) is 6.67. The number of unbranched alkanes of at least 4 members (excludes halogenated alkanes) is 5. The summed E-state index contributed by atoms with van der Waals surface area (Å²) in [6, 6.07) is 0. The maximum absolute atomic E-state index is 4.82. The van der Waals surface area contributed by atoms with Gasteiger partial charge in [0.2, 0.25) is 17.8 Å². The summed E-state index contributed by atoms with van der Waals surface area (Å²) in [6.45, 7) is 8.60. The Morgan fingerprint density at radius 2 is 1.28 bits per heavy atom. The van der Waals surface area contributed by atoms with Crippen LogP contribution in [-0.2, 0) is 0 Å². The number of anilines is 3. The Balaban J connectivity index is 1.38. The quantitative estimate of drug-likeness (QED) is 0.286. The van der Waals surface area contributed by atoms with E-state index in [2.05, 4.69) is 41.7 Å². The van der Waals surface area contributed by atoms with Crippen LogP contribution in [0.15, 0.2) is 0 Å². The van der Waals surface area contributed by atoms with Crippen LogP contribution in [0.4, 0.5) is 17.8 Å². The molecule has 1 heterocycles. The molecule has 0 radical (unpaired) electrons. The second-order valence-electron chi connectivity index (χ2n) is 11.4. The monoisotopic (exact) mass is 442 g/mol. The molecule has 4 aliphatic rings. The average molecular weight is 443 g/mol. The van der Waals surface area contributed by atoms with Crippen LogP contribution < -0.4 is 16.0 Å². The summed E-state index contributed by atoms with van der Waals surface area (Å²) in [4.78, 5) is 14.3. The first-order chi connectivity index (χ1) is 15.5. The summed E-state index contributed by atoms with van der Waals surface area (Å²) in [5.74, 6) is 5.57. The molecule has 0 unspecified atom stereocenters. The van der Waals surface area contributed by atoms with Gasteiger partial charge in [0.1, 0.15) is 0 Å². The fraction of sp³-hybridized carbons (Fsp3) is 0.885. The van der Waals surface area contributed by atoms with Crippen molar-refractivity contribution in [2.75, 3.05) is 29.0 Å². The van der Waals surface area contributed by atoms with Gasteiger partial charge in [-0.3, -0.25) is 0 Å². The minimum Gasteiger partial charge on any atom is -0.354 e. The van der Waals surface area contributed by atoms with Crippen molar-refractivity contribution in [2.24, 2.45) is 23.7 Å². The molecule has 0 atom stereocenters. The molecule has 5 rings (SSSR count). The summed E-state index contributed by atoms with van der Waals surface area (Å²) >= 11 is 0. The first kappa shape index (κ1) is 23.6. The largest absolute Gasteiger partial charge is 0.354 e. The molecule has 6 heteroatoms. The summed E-state index contributed by atoms with van der Waals surface area (Å²) < 4.78 is 0. The Kier molecular flexibility index (Phi) is 8.12. The molecule has 1 aromatic heterocycles. The van der Waals surface area contributed by atoms with Crippen molar-refractivity contribution in [2.45, 2.75) is 110 Å². The van der Waals surface area contributed by atoms with Crippen LogP contribution in [-0.4, -0.2) is 33.6 Å². The maximum atomic E-state index is 4.82. The van der Waals surface area contributed by atoms with Crippen LogP contribution in [0.1, 0.15) is 104 Å². The predicted octanol–water partition coefficient (Wildman–Crippen LogP) is 6.48. The van der Waals surface area contributed by atoms with Crippen LogP contribution in [0.25, 0.3) is 0 Å². The number of aromatic nitrogens is 3. The Hall–Kier alpha value is -1.59. The molecule has 4 bridgehead atoms. The van der Waals surface area contributed by atoms with Crippen LogP contribution in [0, 0.1) is 23.7 Å². The molecule has 3 N–H and O–H groups in total. The highest BCUT2D eigenvalue weighted by atomic mass is 15.3. The Morgan fingerprint density at radius 1 is 0.750 bits per heavy atom. The molecule has 0 saturated heterocycles. The second-order valence-corrected chi connectivity index (χ2v) is 11.4. The fourth-order valence-corrected chi connectivity index (χ4v) is 6.67. The van der Waals surface area contributed by atoms with Crippen molar-refractivity contribution < 1.29 is 0 Å². The van der Waals surface area contributed by atoms with Crippen LogP contribution in [0.3, 0.4) is 0 Å². The zero-order valence-electron chi connectivity index (χ0n) is 20.8. The normalized spacial score (nSPS) is 28.3. The molecule has 0 aliphatic heterocycles. The minimum atomic E-state index is 0.210. The van der Waals surface area contributed by atoms with Gasteiger partial charge in [0.05, 0.1) is 0 Å². The van der Waals surface area contributed by atoms with E-state index in [9.17, 15) is 0 Å². The lowest BCUT2D eigenvalue weighted by Crippen LogP contribution is -2.55. The lowest BCUT2D eigenvalue weighted by Gasteiger charge is -2.56. The summed E-state index contributed by atoms with van der Waals surface area (Å²) in [7, 11) is 0. The molecule has 0 aromatic carbocycles. The van der Waals surface area contributed by atoms with Gasteiger partial charge in [-0.25, -0.2) is 0 Å². The highest BCUT2D eigenvalue weighted by Crippen LogP contribution is 2.56. The molecule has 1 aromatic rings. The van der Waals surface area contributed by atoms with Crippen LogP contribution in [0.5, 0.6) is 0 Å². The molecule has 4 aliphatic carbocycles. The van der Waals surface area contributed by atoms with Gasteiger partial charge >= 0.3 is 0 Å². The van der Waals surface area contributed by atoms with Gasteiger partial charge in [-0.1, -0.05) is 52.9 Å². The average Bonchev–Trinajstić information content (AvgIpc) is 2.71. The van der Waals surface area contributed by atoms with Gasteiger partial charge in [-0.05, 0) is 75.0 Å². The first-order valence-corrected chi connectivity index (χ1v) is 13.6. The van der Waals surface area contributed by atoms with Crippen molar-refractivity contribution >= 4 is 17.8 Å². The number of nitrogens with zero attached hydrogens (tertiary/aromatic N) is 3. The van der Waals surface area contributed by atoms with E-state index in [1.807, 2.05) is 0 Å². The van der Waals surface area contributed by atoms with Crippen molar-refractivity contribution in [1.29, 1.82) is 0 Å². The lowest BCUT2D eigenvalue weighted by atomic mass is 9.53. The van der Waals surface area contributed by atoms with Crippen molar-refractivity contribution in [3.8, 4) is 0 Å². The molecule has 180 valence electrons. The smallest absolute Gasteiger partial charge is 0.229 e. The Bertz CT molecular complexity index is 683. The highest BCUT2D eigenvalue weighted by Gasteiger charge is 2.51. The third-order valence-corrected chi connectivity index (χ3v) is 7.87.